The fraction of sp³-hybridized carbons (Fsp3) is 0.290. The van der Waals surface area contributed by atoms with Crippen molar-refractivity contribution < 1.29 is 24.8 Å². The van der Waals surface area contributed by atoms with E-state index in [4.69, 9.17) is 9.47 Å². The Labute approximate surface area is 230 Å². The monoisotopic (exact) mass is 544 g/mol. The first kappa shape index (κ1) is 27.5. The van der Waals surface area contributed by atoms with Crippen LogP contribution in [0, 0.1) is 6.92 Å². The van der Waals surface area contributed by atoms with Crippen molar-refractivity contribution in [1.82, 2.24) is 9.55 Å². The lowest BCUT2D eigenvalue weighted by Crippen LogP contribution is -2.64. The number of aromatic nitrogens is 2. The number of aliphatic hydroxyl groups excluding tert-OH is 3. The molecule has 0 saturated carbocycles. The van der Waals surface area contributed by atoms with Gasteiger partial charge in [-0.3, -0.25) is 14.3 Å². The topological polar surface area (TPSA) is 134 Å². The van der Waals surface area contributed by atoms with Crippen molar-refractivity contribution in [3.8, 4) is 5.75 Å². The fourth-order valence-corrected chi connectivity index (χ4v) is 5.97. The number of para-hydroxylation sites is 1. The van der Waals surface area contributed by atoms with Crippen LogP contribution in [0.5, 0.6) is 5.75 Å². The third-order valence-corrected chi connectivity index (χ3v) is 7.64. The molecule has 4 aromatic rings. The Balaban J connectivity index is 2.08. The summed E-state index contributed by atoms with van der Waals surface area (Å²) >= 11 is 0. The molecule has 0 spiro atoms. The van der Waals surface area contributed by atoms with Crippen LogP contribution in [0.4, 0.5) is 0 Å². The second kappa shape index (κ2) is 10.9. The molecule has 0 bridgehead atoms. The lowest BCUT2D eigenvalue weighted by Gasteiger charge is -2.51. The molecular weight excluding hydrogens is 512 g/mol. The molecule has 3 aromatic carbocycles. The maximum Gasteiger partial charge on any atom is 0.330 e. The van der Waals surface area contributed by atoms with Crippen molar-refractivity contribution in [3.05, 3.63) is 134 Å². The van der Waals surface area contributed by atoms with E-state index in [1.807, 2.05) is 85.8 Å². The molecule has 208 valence electrons. The predicted octanol–water partition coefficient (Wildman–Crippen LogP) is 2.04. The van der Waals surface area contributed by atoms with Crippen molar-refractivity contribution in [1.29, 1.82) is 0 Å². The SMILES string of the molecule is CCOc1ccccc1C(c1ccccc1)(c1ccccc1)[C@@]1(n2cc(C)c(=O)[nH]c2=O)O[C@H](CO)[C@@H](O)[C@H]1O. The van der Waals surface area contributed by atoms with Gasteiger partial charge >= 0.3 is 5.69 Å². The van der Waals surface area contributed by atoms with Crippen molar-refractivity contribution in [2.24, 2.45) is 0 Å². The summed E-state index contributed by atoms with van der Waals surface area (Å²) in [6.45, 7) is 3.07. The number of nitrogens with one attached hydrogen (secondary N) is 1. The van der Waals surface area contributed by atoms with E-state index in [1.54, 1.807) is 6.07 Å². The lowest BCUT2D eigenvalue weighted by molar-refractivity contribution is -0.180. The molecule has 5 rings (SSSR count). The third kappa shape index (κ3) is 4.01. The largest absolute Gasteiger partial charge is 0.494 e. The number of hydrogen-bond donors (Lipinski definition) is 4. The van der Waals surface area contributed by atoms with Crippen LogP contribution in [-0.2, 0) is 15.9 Å². The van der Waals surface area contributed by atoms with Gasteiger partial charge < -0.3 is 24.8 Å². The summed E-state index contributed by atoms with van der Waals surface area (Å²) < 4.78 is 13.8. The number of rotatable bonds is 8. The van der Waals surface area contributed by atoms with Gasteiger partial charge in [0.05, 0.1) is 18.6 Å². The number of aromatic amines is 1. The zero-order valence-corrected chi connectivity index (χ0v) is 22.2. The van der Waals surface area contributed by atoms with Crippen LogP contribution in [0.3, 0.4) is 0 Å². The maximum atomic E-state index is 13.7. The van der Waals surface area contributed by atoms with Gasteiger partial charge in [0.25, 0.3) is 5.56 Å². The average molecular weight is 545 g/mol. The summed E-state index contributed by atoms with van der Waals surface area (Å²) in [5, 5.41) is 33.7. The Bertz CT molecular complexity index is 1550. The summed E-state index contributed by atoms with van der Waals surface area (Å²) in [7, 11) is 0. The number of H-pyrrole nitrogens is 1. The molecular formula is C31H32N2O7. The van der Waals surface area contributed by atoms with Crippen molar-refractivity contribution >= 4 is 0 Å². The van der Waals surface area contributed by atoms with Gasteiger partial charge in [0.2, 0.25) is 0 Å². The molecule has 0 aliphatic carbocycles. The van der Waals surface area contributed by atoms with Crippen LogP contribution >= 0.6 is 0 Å². The summed E-state index contributed by atoms with van der Waals surface area (Å²) in [6, 6.07) is 25.6. The van der Waals surface area contributed by atoms with Gasteiger partial charge in [-0.05, 0) is 31.0 Å². The minimum atomic E-state index is -2.12. The Kier molecular flexibility index (Phi) is 7.48. The highest BCUT2D eigenvalue weighted by molar-refractivity contribution is 5.58. The Morgan fingerprint density at radius 3 is 2.08 bits per heavy atom. The third-order valence-electron chi connectivity index (χ3n) is 7.64. The summed E-state index contributed by atoms with van der Waals surface area (Å²) in [5.74, 6) is 0.462. The average Bonchev–Trinajstić information content (AvgIpc) is 3.23. The standard InChI is InChI=1S/C31H32N2O7/c1-3-39-24-17-11-10-16-23(24)30(21-12-6-4-7-13-21,22-14-8-5-9-15-22)31(27(36)26(35)25(19-34)40-31)33-18-20(2)28(37)32-29(33)38/h4-18,25-27,34-36H,3,19H2,1-2H3,(H,32,37,38)/t25-,26-,27-,31+/m1/s1. The minimum absolute atomic E-state index is 0.185. The van der Waals surface area contributed by atoms with Crippen molar-refractivity contribution in [3.63, 3.8) is 0 Å². The fourth-order valence-electron chi connectivity index (χ4n) is 5.97. The predicted molar refractivity (Wildman–Crippen MR) is 148 cm³/mol. The van der Waals surface area contributed by atoms with Crippen LogP contribution in [0.1, 0.15) is 29.2 Å². The molecule has 1 fully saturated rings. The van der Waals surface area contributed by atoms with E-state index in [9.17, 15) is 24.9 Å². The number of aliphatic hydroxyl groups is 3. The van der Waals surface area contributed by atoms with E-state index in [2.05, 4.69) is 4.98 Å². The molecule has 2 heterocycles. The van der Waals surface area contributed by atoms with E-state index >= 15 is 0 Å². The minimum Gasteiger partial charge on any atom is -0.494 e. The van der Waals surface area contributed by atoms with Gasteiger partial charge in [-0.15, -0.1) is 0 Å². The highest BCUT2D eigenvalue weighted by atomic mass is 16.6. The first-order valence-corrected chi connectivity index (χ1v) is 13.1. The number of benzene rings is 3. The molecule has 4 N–H and O–H groups in total. The van der Waals surface area contributed by atoms with Gasteiger partial charge in [0, 0.05) is 17.3 Å². The number of aryl methyl sites for hydroxylation is 1. The van der Waals surface area contributed by atoms with Crippen molar-refractivity contribution in [2.45, 2.75) is 43.3 Å². The van der Waals surface area contributed by atoms with Gasteiger partial charge in [-0.1, -0.05) is 78.9 Å². The number of hydrogen-bond acceptors (Lipinski definition) is 7. The molecule has 1 aliphatic rings. The summed E-state index contributed by atoms with van der Waals surface area (Å²) in [4.78, 5) is 28.5. The van der Waals surface area contributed by atoms with E-state index in [0.717, 1.165) is 4.57 Å². The molecule has 1 aliphatic heterocycles. The summed E-state index contributed by atoms with van der Waals surface area (Å²) in [5.41, 5.74) is -3.21. The first-order valence-electron chi connectivity index (χ1n) is 13.1. The van der Waals surface area contributed by atoms with Gasteiger partial charge in [0.1, 0.15) is 24.1 Å². The quantitative estimate of drug-likeness (QED) is 0.250. The molecule has 1 aromatic heterocycles. The highest BCUT2D eigenvalue weighted by Gasteiger charge is 2.69. The van der Waals surface area contributed by atoms with Crippen LogP contribution in [0.25, 0.3) is 0 Å². The van der Waals surface area contributed by atoms with Gasteiger partial charge in [0.15, 0.2) is 5.72 Å². The van der Waals surface area contributed by atoms with Crippen LogP contribution in [0.15, 0.2) is 101 Å². The molecule has 9 heteroatoms. The molecule has 40 heavy (non-hydrogen) atoms. The molecule has 4 atom stereocenters. The lowest BCUT2D eigenvalue weighted by atomic mass is 9.60. The van der Waals surface area contributed by atoms with E-state index in [-0.39, 0.29) is 5.56 Å². The van der Waals surface area contributed by atoms with Gasteiger partial charge in [-0.25, -0.2) is 4.79 Å². The number of ether oxygens (including phenoxy) is 2. The highest BCUT2D eigenvalue weighted by Crippen LogP contribution is 2.58. The Hall–Kier alpha value is -4.02. The molecule has 1 saturated heterocycles. The molecule has 9 nitrogen and oxygen atoms in total. The van der Waals surface area contributed by atoms with Crippen LogP contribution in [-0.4, -0.2) is 56.4 Å². The zero-order valence-electron chi connectivity index (χ0n) is 22.2. The van der Waals surface area contributed by atoms with Crippen LogP contribution < -0.4 is 16.0 Å². The molecule has 0 radical (unpaired) electrons. The molecule has 0 unspecified atom stereocenters. The van der Waals surface area contributed by atoms with Gasteiger partial charge in [-0.2, -0.15) is 0 Å². The van der Waals surface area contributed by atoms with Crippen molar-refractivity contribution in [2.75, 3.05) is 13.2 Å². The van der Waals surface area contributed by atoms with E-state index in [1.165, 1.54) is 13.1 Å². The summed E-state index contributed by atoms with van der Waals surface area (Å²) in [6.07, 6.45) is -3.29. The Morgan fingerprint density at radius 2 is 1.52 bits per heavy atom. The smallest absolute Gasteiger partial charge is 0.330 e. The second-order valence-corrected chi connectivity index (χ2v) is 9.82. The first-order chi connectivity index (χ1) is 19.3. The Morgan fingerprint density at radius 1 is 0.950 bits per heavy atom. The number of nitrogens with zero attached hydrogens (tertiary/aromatic N) is 1. The maximum absolute atomic E-state index is 13.7. The van der Waals surface area contributed by atoms with Crippen LogP contribution in [0.2, 0.25) is 0 Å². The molecule has 0 amide bonds. The second-order valence-electron chi connectivity index (χ2n) is 9.82. The van der Waals surface area contributed by atoms with E-state index < -0.39 is 47.3 Å². The zero-order chi connectivity index (χ0) is 28.5. The normalized spacial score (nSPS) is 22.8. The van der Waals surface area contributed by atoms with E-state index in [0.29, 0.717) is 29.0 Å².